The molecule has 0 radical (unpaired) electrons. The number of nitrogens with zero attached hydrogens (tertiary/aromatic N) is 8. The van der Waals surface area contributed by atoms with Gasteiger partial charge in [0.15, 0.2) is 5.82 Å². The summed E-state index contributed by atoms with van der Waals surface area (Å²) < 4.78 is 21.5. The fourth-order valence-electron chi connectivity index (χ4n) is 11.0. The Balaban J connectivity index is 0.753. The van der Waals surface area contributed by atoms with Crippen LogP contribution in [0.15, 0.2) is 97.6 Å². The fraction of sp³-hybridized carbons (Fsp3) is 0.400. The van der Waals surface area contributed by atoms with Crippen LogP contribution >= 0.6 is 18.7 Å². The van der Waals surface area contributed by atoms with Gasteiger partial charge in [0, 0.05) is 80.6 Å². The van der Waals surface area contributed by atoms with Crippen LogP contribution < -0.4 is 41.1 Å². The third kappa shape index (κ3) is 11.4. The number of imide groups is 1. The molecule has 1 atom stereocenters. The first-order valence-corrected chi connectivity index (χ1v) is 28.5. The van der Waals surface area contributed by atoms with E-state index in [2.05, 4.69) is 63.2 Å². The summed E-state index contributed by atoms with van der Waals surface area (Å²) in [6.45, 7) is 10.6. The van der Waals surface area contributed by atoms with Gasteiger partial charge in [-0.3, -0.25) is 24.4 Å². The molecular weight excluding hydrogens is 975 g/mol. The minimum atomic E-state index is -2.73. The van der Waals surface area contributed by atoms with Gasteiger partial charge in [-0.1, -0.05) is 48.0 Å². The smallest absolute Gasteiger partial charge is 0.270 e. The number of amides is 3. The van der Waals surface area contributed by atoms with Crippen LogP contribution in [0.2, 0.25) is 5.02 Å². The van der Waals surface area contributed by atoms with Crippen LogP contribution in [-0.2, 0) is 21.2 Å². The van der Waals surface area contributed by atoms with Crippen molar-refractivity contribution < 1.29 is 23.7 Å². The van der Waals surface area contributed by atoms with Gasteiger partial charge < -0.3 is 40.0 Å². The second kappa shape index (κ2) is 21.6. The van der Waals surface area contributed by atoms with Crippen molar-refractivity contribution in [3.05, 3.63) is 108 Å². The second-order valence-corrected chi connectivity index (χ2v) is 24.2. The molecule has 6 aromatic rings. The number of aromatic nitrogens is 5. The number of methoxy groups -OCH3 is 1. The van der Waals surface area contributed by atoms with Gasteiger partial charge in [-0.2, -0.15) is 10.1 Å². The molecule has 1 spiro atoms. The number of benzene rings is 3. The van der Waals surface area contributed by atoms with Crippen molar-refractivity contribution in [1.82, 2.24) is 40.3 Å². The molecule has 386 valence electrons. The lowest BCUT2D eigenvalue weighted by atomic mass is 9.71. The Morgan fingerprint density at radius 3 is 2.26 bits per heavy atom. The first-order valence-electron chi connectivity index (χ1n) is 25.5. The third-order valence-corrected chi connectivity index (χ3v) is 17.2. The number of anilines is 6. The van der Waals surface area contributed by atoms with E-state index in [1.807, 2.05) is 78.7 Å². The van der Waals surface area contributed by atoms with Gasteiger partial charge in [-0.15, -0.1) is 0 Å². The van der Waals surface area contributed by atoms with E-state index < -0.39 is 25.0 Å². The first-order chi connectivity index (χ1) is 35.7. The van der Waals surface area contributed by atoms with E-state index in [1.54, 1.807) is 38.9 Å². The monoisotopic (exact) mass is 1040 g/mol. The van der Waals surface area contributed by atoms with Gasteiger partial charge in [0.25, 0.3) is 5.91 Å². The minimum Gasteiger partial charge on any atom is -0.494 e. The molecule has 0 bridgehead atoms. The number of halogens is 1. The Labute approximate surface area is 437 Å². The molecule has 4 aliphatic rings. The number of hydrogen-bond acceptors (Lipinski definition) is 14. The van der Waals surface area contributed by atoms with Crippen LogP contribution in [0.5, 0.6) is 5.75 Å². The molecular formula is C55H64ClN12O5P. The summed E-state index contributed by atoms with van der Waals surface area (Å²) in [5.41, 5.74) is 8.03. The number of aryl methyl sites for hydroxylation is 1. The van der Waals surface area contributed by atoms with Gasteiger partial charge >= 0.3 is 0 Å². The minimum absolute atomic E-state index is 0.201. The lowest BCUT2D eigenvalue weighted by molar-refractivity contribution is -0.134. The second-order valence-electron chi connectivity index (χ2n) is 20.7. The number of ether oxygens (including phenoxy) is 1. The summed E-state index contributed by atoms with van der Waals surface area (Å²) >= 11 is 6.72. The van der Waals surface area contributed by atoms with E-state index in [0.29, 0.717) is 50.6 Å². The average Bonchev–Trinajstić information content (AvgIpc) is 3.85. The molecule has 4 fully saturated rings. The van der Waals surface area contributed by atoms with Crippen molar-refractivity contribution >= 4 is 76.3 Å². The van der Waals surface area contributed by atoms with E-state index in [1.165, 1.54) is 12.8 Å². The molecule has 3 aromatic carbocycles. The number of rotatable bonds is 14. The number of likely N-dealkylation sites (tertiary alicyclic amines) is 1. The number of piperidine rings is 4. The summed E-state index contributed by atoms with van der Waals surface area (Å²) in [6, 6.07) is 23.0. The van der Waals surface area contributed by atoms with E-state index in [4.69, 9.17) is 21.3 Å². The molecule has 3 amide bonds. The summed E-state index contributed by atoms with van der Waals surface area (Å²) in [5, 5.41) is 17.3. The lowest BCUT2D eigenvalue weighted by Gasteiger charge is -2.48. The van der Waals surface area contributed by atoms with Crippen molar-refractivity contribution in [3.63, 3.8) is 0 Å². The Morgan fingerprint density at radius 1 is 0.824 bits per heavy atom. The van der Waals surface area contributed by atoms with Crippen molar-refractivity contribution in [2.45, 2.75) is 57.4 Å². The molecule has 4 aliphatic heterocycles. The molecule has 10 rings (SSSR count). The highest BCUT2D eigenvalue weighted by Crippen LogP contribution is 2.47. The molecule has 0 aliphatic carbocycles. The van der Waals surface area contributed by atoms with Crippen molar-refractivity contribution in [2.75, 3.05) is 86.7 Å². The molecule has 0 saturated carbocycles. The lowest BCUT2D eigenvalue weighted by Crippen LogP contribution is -2.52. The summed E-state index contributed by atoms with van der Waals surface area (Å²) in [6.07, 6.45) is 14.6. The number of nitrogens with one attached hydrogen (secondary N) is 4. The van der Waals surface area contributed by atoms with Crippen molar-refractivity contribution in [3.8, 4) is 28.0 Å². The van der Waals surface area contributed by atoms with Crippen molar-refractivity contribution in [2.24, 2.45) is 18.4 Å². The molecule has 19 heteroatoms. The fourth-order valence-corrected chi connectivity index (χ4v) is 12.3. The predicted octanol–water partition coefficient (Wildman–Crippen LogP) is 8.47. The maximum absolute atomic E-state index is 13.7. The van der Waals surface area contributed by atoms with Gasteiger partial charge in [0.05, 0.1) is 42.8 Å². The summed E-state index contributed by atoms with van der Waals surface area (Å²) in [7, 11) is 0.871. The maximum atomic E-state index is 13.7. The Kier molecular flexibility index (Phi) is 14.8. The largest absolute Gasteiger partial charge is 0.494 e. The van der Waals surface area contributed by atoms with Crippen LogP contribution in [-0.4, -0.2) is 120 Å². The number of pyridine rings is 1. The van der Waals surface area contributed by atoms with Crippen LogP contribution in [0, 0.1) is 11.3 Å². The highest BCUT2D eigenvalue weighted by molar-refractivity contribution is 7.70. The summed E-state index contributed by atoms with van der Waals surface area (Å²) in [4.78, 5) is 57.7. The van der Waals surface area contributed by atoms with Crippen LogP contribution in [0.1, 0.15) is 61.9 Å². The highest BCUT2D eigenvalue weighted by atomic mass is 35.5. The number of carbonyl (C=O) groups excluding carboxylic acids is 3. The van der Waals surface area contributed by atoms with E-state index in [9.17, 15) is 18.9 Å². The van der Waals surface area contributed by atoms with Crippen LogP contribution in [0.4, 0.5) is 34.5 Å². The Hall–Kier alpha value is -6.81. The zero-order valence-electron chi connectivity index (χ0n) is 42.4. The SMILES string of the molecule is COc1cc(N2CCC3(CCN(CC4CCN(c5ccc(C(=O)NC6CCC(=O)NC6=O)nc5)CC4)CC3)CC2)c(-c2cnn(C)c2)cc1Nc1ncc(Cl)c(Nc2ccc(-c3ccccc3)cc2P(C)(C)=O)n1. The van der Waals surface area contributed by atoms with E-state index >= 15 is 0 Å². The Bertz CT molecular complexity index is 3070. The van der Waals surface area contributed by atoms with Gasteiger partial charge in [0.2, 0.25) is 17.8 Å². The molecule has 74 heavy (non-hydrogen) atoms. The highest BCUT2D eigenvalue weighted by Gasteiger charge is 2.39. The molecule has 17 nitrogen and oxygen atoms in total. The number of hydrogen-bond donors (Lipinski definition) is 4. The van der Waals surface area contributed by atoms with E-state index in [0.717, 1.165) is 105 Å². The maximum Gasteiger partial charge on any atom is 0.270 e. The predicted molar refractivity (Wildman–Crippen MR) is 292 cm³/mol. The zero-order chi connectivity index (χ0) is 51.6. The van der Waals surface area contributed by atoms with Gasteiger partial charge in [0.1, 0.15) is 29.6 Å². The molecule has 1 unspecified atom stereocenters. The molecule has 7 heterocycles. The molecule has 4 N–H and O–H groups in total. The molecule has 3 aromatic heterocycles. The zero-order valence-corrected chi connectivity index (χ0v) is 44.1. The van der Waals surface area contributed by atoms with Crippen LogP contribution in [0.25, 0.3) is 22.3 Å². The molecule has 4 saturated heterocycles. The van der Waals surface area contributed by atoms with Gasteiger partial charge in [-0.25, -0.2) is 9.97 Å². The normalized spacial score (nSPS) is 18.5. The van der Waals surface area contributed by atoms with Crippen molar-refractivity contribution in [1.29, 1.82) is 0 Å². The standard InChI is InChI=1S/C55H64ClN12O5P/c1-65-35-39(31-59-65)41-29-46(62-54-58-33-42(56)51(64-54)60-43-12-10-38(28-49(43)74(3,4)72)37-8-6-5-7-9-37)48(73-2)30-47(41)68-26-20-55(21-27-68)18-24-66(25-19-55)34-36-16-22-67(23-17-36)40-11-13-44(57-32-40)52(70)61-45-14-15-50(69)63-53(45)71/h5-13,28-33,35-36,45H,14-27,34H2,1-4H3,(H,61,70)(H,63,69,71)(H2,58,60,62,64). The third-order valence-electron chi connectivity index (χ3n) is 15.4. The Morgan fingerprint density at radius 2 is 1.58 bits per heavy atom. The summed E-state index contributed by atoms with van der Waals surface area (Å²) in [5.74, 6) is 0.756. The van der Waals surface area contributed by atoms with Crippen LogP contribution in [0.3, 0.4) is 0 Å². The van der Waals surface area contributed by atoms with E-state index in [-0.39, 0.29) is 24.4 Å². The number of carbonyl (C=O) groups is 3. The average molecular weight is 1040 g/mol. The first kappa shape index (κ1) is 50.7. The van der Waals surface area contributed by atoms with Gasteiger partial charge in [-0.05, 0) is 124 Å². The quantitative estimate of drug-likeness (QED) is 0.0600. The topological polar surface area (TPSA) is 192 Å².